The molecule has 1 N–H and O–H groups in total. The van der Waals surface area contributed by atoms with E-state index in [2.05, 4.69) is 53.9 Å². The van der Waals surface area contributed by atoms with Gasteiger partial charge in [-0.25, -0.2) is 4.79 Å². The van der Waals surface area contributed by atoms with E-state index in [1.54, 1.807) is 0 Å². The van der Waals surface area contributed by atoms with Crippen LogP contribution in [0.3, 0.4) is 0 Å². The Kier molecular flexibility index (Phi) is 6.29. The molecule has 0 bridgehead atoms. The molecule has 1 aliphatic carbocycles. The monoisotopic (exact) mass is 396 g/mol. The number of fused-ring (bicyclic) bond motifs is 1. The molecule has 2 amide bonds. The second-order valence-electron chi connectivity index (χ2n) is 7.87. The van der Waals surface area contributed by atoms with Crippen molar-refractivity contribution in [1.29, 1.82) is 0 Å². The zero-order valence-corrected chi connectivity index (χ0v) is 17.4. The van der Waals surface area contributed by atoms with Crippen LogP contribution < -0.4 is 5.32 Å². The molecule has 0 spiro atoms. The van der Waals surface area contributed by atoms with Gasteiger partial charge in [0.2, 0.25) is 0 Å². The van der Waals surface area contributed by atoms with E-state index in [-0.39, 0.29) is 12.1 Å². The van der Waals surface area contributed by atoms with Crippen LogP contribution in [0.2, 0.25) is 0 Å². The molecule has 3 heteroatoms. The van der Waals surface area contributed by atoms with Crippen molar-refractivity contribution in [3.63, 3.8) is 0 Å². The van der Waals surface area contributed by atoms with Crippen molar-refractivity contribution in [1.82, 2.24) is 4.90 Å². The molecule has 3 aromatic carbocycles. The fourth-order valence-corrected chi connectivity index (χ4v) is 4.19. The van der Waals surface area contributed by atoms with Crippen molar-refractivity contribution in [2.75, 3.05) is 11.9 Å². The highest BCUT2D eigenvalue weighted by atomic mass is 16.2. The predicted molar refractivity (Wildman–Crippen MR) is 125 cm³/mol. The number of urea groups is 1. The lowest BCUT2D eigenvalue weighted by molar-refractivity contribution is 0.188. The Morgan fingerprint density at radius 2 is 1.83 bits per heavy atom. The first-order valence-corrected chi connectivity index (χ1v) is 10.6. The van der Waals surface area contributed by atoms with E-state index in [1.807, 2.05) is 54.3 Å². The van der Waals surface area contributed by atoms with Gasteiger partial charge in [0, 0.05) is 12.2 Å². The number of benzene rings is 3. The minimum absolute atomic E-state index is 0.0555. The van der Waals surface area contributed by atoms with Crippen LogP contribution in [0.25, 0.3) is 6.08 Å². The lowest BCUT2D eigenvalue weighted by Gasteiger charge is -2.35. The Labute approximate surface area is 179 Å². The lowest BCUT2D eigenvalue weighted by Crippen LogP contribution is -2.39. The van der Waals surface area contributed by atoms with Crippen LogP contribution in [0.4, 0.5) is 10.5 Å². The van der Waals surface area contributed by atoms with Gasteiger partial charge >= 0.3 is 6.03 Å². The van der Waals surface area contributed by atoms with Crippen LogP contribution in [0.15, 0.2) is 84.9 Å². The summed E-state index contributed by atoms with van der Waals surface area (Å²) in [5.74, 6) is 0. The van der Waals surface area contributed by atoms with Gasteiger partial charge in [0.1, 0.15) is 0 Å². The van der Waals surface area contributed by atoms with Gasteiger partial charge in [-0.2, -0.15) is 0 Å². The van der Waals surface area contributed by atoms with E-state index in [1.165, 1.54) is 11.1 Å². The summed E-state index contributed by atoms with van der Waals surface area (Å²) >= 11 is 0. The Morgan fingerprint density at radius 3 is 2.67 bits per heavy atom. The Morgan fingerprint density at radius 1 is 1.03 bits per heavy atom. The number of hydrogen-bond donors (Lipinski definition) is 1. The summed E-state index contributed by atoms with van der Waals surface area (Å²) in [7, 11) is 0. The summed E-state index contributed by atoms with van der Waals surface area (Å²) in [6.45, 7) is 2.60. The quantitative estimate of drug-likeness (QED) is 0.516. The summed E-state index contributed by atoms with van der Waals surface area (Å²) in [5, 5.41) is 3.11. The minimum Gasteiger partial charge on any atom is -0.314 e. The number of carbonyl (C=O) groups is 1. The molecule has 1 aliphatic rings. The second kappa shape index (κ2) is 9.45. The highest BCUT2D eigenvalue weighted by Gasteiger charge is 2.28. The first kappa shape index (κ1) is 20.0. The Balaban J connectivity index is 1.59. The van der Waals surface area contributed by atoms with Crippen molar-refractivity contribution >= 4 is 17.8 Å². The number of aryl methyl sites for hydroxylation is 2. The molecule has 0 fully saturated rings. The van der Waals surface area contributed by atoms with Crippen molar-refractivity contribution in [2.45, 2.75) is 32.2 Å². The van der Waals surface area contributed by atoms with Crippen LogP contribution in [-0.4, -0.2) is 17.5 Å². The number of nitrogens with one attached hydrogen (secondary N) is 1. The molecule has 4 rings (SSSR count). The fraction of sp³-hybridized carbons (Fsp3) is 0.222. The SMILES string of the molecule is Cc1cccc(NC(=O)N(C/C=C/c2ccccc2)C2CCCc3ccccc32)c1. The van der Waals surface area contributed by atoms with Crippen molar-refractivity contribution in [3.05, 3.63) is 107 Å². The number of carbonyl (C=O) groups excluding carboxylic acids is 1. The molecular weight excluding hydrogens is 368 g/mol. The summed E-state index contributed by atoms with van der Waals surface area (Å²) in [5.41, 5.74) is 5.73. The van der Waals surface area contributed by atoms with Crippen molar-refractivity contribution < 1.29 is 4.79 Å². The average Bonchev–Trinajstić information content (AvgIpc) is 2.77. The Hall–Kier alpha value is -3.33. The van der Waals surface area contributed by atoms with Gasteiger partial charge in [-0.1, -0.05) is 78.9 Å². The van der Waals surface area contributed by atoms with E-state index in [9.17, 15) is 4.79 Å². The summed E-state index contributed by atoms with van der Waals surface area (Å²) < 4.78 is 0. The van der Waals surface area contributed by atoms with E-state index >= 15 is 0 Å². The molecule has 30 heavy (non-hydrogen) atoms. The maximum atomic E-state index is 13.4. The standard InChI is InChI=1S/C27H28N2O/c1-21-10-7-16-24(20-21)28-27(30)29(19-9-13-22-11-3-2-4-12-22)26-18-8-15-23-14-5-6-17-25(23)26/h2-7,9-14,16-17,20,26H,8,15,18-19H2,1H3,(H,28,30)/b13-9+. The largest absolute Gasteiger partial charge is 0.322 e. The molecule has 3 aromatic rings. The summed E-state index contributed by atoms with van der Waals surface area (Å²) in [6.07, 6.45) is 7.33. The maximum Gasteiger partial charge on any atom is 0.322 e. The van der Waals surface area contributed by atoms with E-state index < -0.39 is 0 Å². The van der Waals surface area contributed by atoms with Gasteiger partial charge in [0.25, 0.3) is 0 Å². The van der Waals surface area contributed by atoms with Gasteiger partial charge in [-0.05, 0) is 60.6 Å². The first-order chi connectivity index (χ1) is 14.7. The molecule has 0 saturated carbocycles. The predicted octanol–water partition coefficient (Wildman–Crippen LogP) is 6.62. The molecule has 152 valence electrons. The molecule has 0 radical (unpaired) electrons. The third kappa shape index (κ3) is 4.80. The summed E-state index contributed by atoms with van der Waals surface area (Å²) in [4.78, 5) is 15.3. The van der Waals surface area contributed by atoms with E-state index in [0.717, 1.165) is 36.1 Å². The van der Waals surface area contributed by atoms with Gasteiger partial charge in [0.15, 0.2) is 0 Å². The Bertz CT molecular complexity index is 1030. The molecule has 0 aromatic heterocycles. The molecule has 0 saturated heterocycles. The molecule has 1 unspecified atom stereocenters. The van der Waals surface area contributed by atoms with Gasteiger partial charge in [0.05, 0.1) is 6.04 Å². The van der Waals surface area contributed by atoms with Gasteiger partial charge in [-0.3, -0.25) is 0 Å². The van der Waals surface area contributed by atoms with Crippen molar-refractivity contribution in [3.8, 4) is 0 Å². The number of nitrogens with zero attached hydrogens (tertiary/aromatic N) is 1. The molecule has 0 heterocycles. The maximum absolute atomic E-state index is 13.4. The molecular formula is C27H28N2O. The third-order valence-corrected chi connectivity index (χ3v) is 5.66. The topological polar surface area (TPSA) is 32.3 Å². The first-order valence-electron chi connectivity index (χ1n) is 10.6. The van der Waals surface area contributed by atoms with Crippen LogP contribution in [0.5, 0.6) is 0 Å². The average molecular weight is 397 g/mol. The number of anilines is 1. The number of hydrogen-bond acceptors (Lipinski definition) is 1. The zero-order valence-electron chi connectivity index (χ0n) is 17.4. The van der Waals surface area contributed by atoms with Crippen LogP contribution >= 0.6 is 0 Å². The molecule has 0 aliphatic heterocycles. The number of amides is 2. The van der Waals surface area contributed by atoms with Gasteiger partial charge in [-0.15, -0.1) is 0 Å². The van der Waals surface area contributed by atoms with Crippen molar-refractivity contribution in [2.24, 2.45) is 0 Å². The van der Waals surface area contributed by atoms with E-state index in [0.29, 0.717) is 6.54 Å². The minimum atomic E-state index is -0.0555. The van der Waals surface area contributed by atoms with Crippen LogP contribution in [0.1, 0.15) is 41.1 Å². The smallest absolute Gasteiger partial charge is 0.314 e. The van der Waals surface area contributed by atoms with Crippen LogP contribution in [0, 0.1) is 6.92 Å². The highest BCUT2D eigenvalue weighted by molar-refractivity contribution is 5.90. The fourth-order valence-electron chi connectivity index (χ4n) is 4.19. The summed E-state index contributed by atoms with van der Waals surface area (Å²) in [6, 6.07) is 26.7. The third-order valence-electron chi connectivity index (χ3n) is 5.66. The highest BCUT2D eigenvalue weighted by Crippen LogP contribution is 2.34. The molecule has 1 atom stereocenters. The van der Waals surface area contributed by atoms with E-state index in [4.69, 9.17) is 0 Å². The molecule has 3 nitrogen and oxygen atoms in total. The number of rotatable bonds is 5. The van der Waals surface area contributed by atoms with Crippen LogP contribution in [-0.2, 0) is 6.42 Å². The normalized spacial score (nSPS) is 15.6. The lowest BCUT2D eigenvalue weighted by atomic mass is 9.87. The zero-order chi connectivity index (χ0) is 20.8. The van der Waals surface area contributed by atoms with Gasteiger partial charge < -0.3 is 10.2 Å². The second-order valence-corrected chi connectivity index (χ2v) is 7.87.